The molecule has 1 aliphatic heterocycles. The van der Waals surface area contributed by atoms with Gasteiger partial charge in [0.25, 0.3) is 0 Å². The van der Waals surface area contributed by atoms with Gasteiger partial charge in [-0.2, -0.15) is 24.9 Å². The van der Waals surface area contributed by atoms with Crippen LogP contribution in [0.5, 0.6) is 0 Å². The molecule has 31 heavy (non-hydrogen) atoms. The summed E-state index contributed by atoms with van der Waals surface area (Å²) in [6.45, 7) is 1.83. The molecule has 2 aromatic rings. The number of benzene rings is 1. The number of nitrogens with one attached hydrogen (secondary N) is 1. The van der Waals surface area contributed by atoms with E-state index in [0.717, 1.165) is 31.6 Å². The number of H-pyrrole nitrogens is 1. The number of rotatable bonds is 5. The molecule has 1 aromatic carbocycles. The third-order valence-electron chi connectivity index (χ3n) is 4.19. The number of hydrogen-bond acceptors (Lipinski definition) is 6. The first-order chi connectivity index (χ1) is 14.5. The van der Waals surface area contributed by atoms with Gasteiger partial charge < -0.3 is 15.1 Å². The molecule has 1 fully saturated rings. The van der Waals surface area contributed by atoms with Gasteiger partial charge >= 0.3 is 18.1 Å². The molecule has 0 amide bonds. The highest BCUT2D eigenvalue weighted by Crippen LogP contribution is 2.31. The molecule has 1 aromatic heterocycles. The number of carboxylic acids is 2. The number of aliphatic carboxylic acids is 1. The molecule has 0 aliphatic carbocycles. The van der Waals surface area contributed by atoms with Crippen LogP contribution in [-0.2, 0) is 10.5 Å². The molecule has 1 aliphatic rings. The van der Waals surface area contributed by atoms with E-state index in [0.29, 0.717) is 26.7 Å². The molecule has 1 saturated heterocycles. The molecule has 0 unspecified atom stereocenters. The first-order valence-electron chi connectivity index (χ1n) is 8.73. The van der Waals surface area contributed by atoms with Crippen LogP contribution in [0.25, 0.3) is 0 Å². The van der Waals surface area contributed by atoms with Gasteiger partial charge in [0.2, 0.25) is 0 Å². The lowest BCUT2D eigenvalue weighted by Crippen LogP contribution is -2.34. The summed E-state index contributed by atoms with van der Waals surface area (Å²) >= 11 is 13.9. The number of carboxylic acid groups (broad SMARTS) is 2. The van der Waals surface area contributed by atoms with E-state index < -0.39 is 18.1 Å². The van der Waals surface area contributed by atoms with Crippen molar-refractivity contribution in [3.8, 4) is 0 Å². The van der Waals surface area contributed by atoms with Crippen LogP contribution in [0, 0.1) is 0 Å². The average Bonchev–Trinajstić information content (AvgIpc) is 3.15. The first-order valence-corrected chi connectivity index (χ1v) is 10.5. The number of carbonyl (C=O) groups is 2. The number of aromatic amines is 1. The monoisotopic (exact) mass is 500 g/mol. The standard InChI is InChI=1S/C15H16Cl2N4O2S.C2HF3O2/c16-9-5-10(17)7-11(6-9)21-3-1-12(2-4-21)24-8-13-14(15(22)23)19-20-18-13;3-2(4,5)1(6)7/h5-7,12H,1-4,8H2,(H,22,23)(H,18,19,20);(H,6,7). The lowest BCUT2D eigenvalue weighted by atomic mass is 10.1. The number of piperidine rings is 1. The highest BCUT2D eigenvalue weighted by molar-refractivity contribution is 7.99. The summed E-state index contributed by atoms with van der Waals surface area (Å²) in [6, 6.07) is 5.58. The Kier molecular flexibility index (Phi) is 8.83. The smallest absolute Gasteiger partial charge is 0.476 e. The maximum Gasteiger partial charge on any atom is 0.490 e. The van der Waals surface area contributed by atoms with E-state index >= 15 is 0 Å². The van der Waals surface area contributed by atoms with Crippen molar-refractivity contribution in [2.45, 2.75) is 30.0 Å². The number of aromatic carboxylic acids is 1. The van der Waals surface area contributed by atoms with Gasteiger partial charge in [-0.3, -0.25) is 5.10 Å². The van der Waals surface area contributed by atoms with E-state index in [1.807, 2.05) is 12.1 Å². The number of thioether (sulfide) groups is 1. The van der Waals surface area contributed by atoms with Crippen molar-refractivity contribution in [2.75, 3.05) is 18.0 Å². The van der Waals surface area contributed by atoms with Crippen molar-refractivity contribution in [2.24, 2.45) is 0 Å². The second-order valence-corrected chi connectivity index (χ2v) is 8.53. The predicted octanol–water partition coefficient (Wildman–Crippen LogP) is 4.35. The Labute approximate surface area is 188 Å². The summed E-state index contributed by atoms with van der Waals surface area (Å²) in [4.78, 5) is 22.2. The minimum absolute atomic E-state index is 0.0773. The lowest BCUT2D eigenvalue weighted by Gasteiger charge is -2.33. The molecular formula is C17H17Cl2F3N4O4S. The van der Waals surface area contributed by atoms with Gasteiger partial charge in [-0.05, 0) is 31.0 Å². The van der Waals surface area contributed by atoms with Crippen LogP contribution in [0.2, 0.25) is 10.0 Å². The van der Waals surface area contributed by atoms with Gasteiger partial charge in [0.05, 0.1) is 0 Å². The third kappa shape index (κ3) is 7.78. The molecule has 0 radical (unpaired) electrons. The molecule has 3 rings (SSSR count). The molecule has 14 heteroatoms. The van der Waals surface area contributed by atoms with Gasteiger partial charge in [0, 0.05) is 39.8 Å². The minimum Gasteiger partial charge on any atom is -0.476 e. The topological polar surface area (TPSA) is 119 Å². The highest BCUT2D eigenvalue weighted by atomic mass is 35.5. The van der Waals surface area contributed by atoms with Gasteiger partial charge in [0.15, 0.2) is 5.69 Å². The van der Waals surface area contributed by atoms with Crippen LogP contribution in [0.1, 0.15) is 29.0 Å². The van der Waals surface area contributed by atoms with Crippen LogP contribution in [0.4, 0.5) is 18.9 Å². The van der Waals surface area contributed by atoms with E-state index in [1.54, 1.807) is 17.8 Å². The second kappa shape index (κ2) is 10.9. The largest absolute Gasteiger partial charge is 0.490 e. The van der Waals surface area contributed by atoms with E-state index in [4.69, 9.17) is 38.2 Å². The van der Waals surface area contributed by atoms with Crippen LogP contribution in [0.3, 0.4) is 0 Å². The zero-order valence-electron chi connectivity index (χ0n) is 15.7. The zero-order chi connectivity index (χ0) is 23.2. The van der Waals surface area contributed by atoms with Gasteiger partial charge in [0.1, 0.15) is 5.69 Å². The fourth-order valence-corrected chi connectivity index (χ4v) is 4.38. The Hall–Kier alpha value is -2.18. The van der Waals surface area contributed by atoms with Gasteiger partial charge in [-0.15, -0.1) is 5.10 Å². The quantitative estimate of drug-likeness (QED) is 0.554. The van der Waals surface area contributed by atoms with Crippen molar-refractivity contribution >= 4 is 52.6 Å². The Morgan fingerprint density at radius 2 is 1.71 bits per heavy atom. The molecule has 3 N–H and O–H groups in total. The molecule has 2 heterocycles. The number of nitrogens with zero attached hydrogens (tertiary/aromatic N) is 3. The van der Waals surface area contributed by atoms with E-state index in [1.165, 1.54) is 0 Å². The van der Waals surface area contributed by atoms with Crippen molar-refractivity contribution in [3.63, 3.8) is 0 Å². The normalized spacial score (nSPS) is 14.7. The summed E-state index contributed by atoms with van der Waals surface area (Å²) in [6.07, 6.45) is -3.07. The third-order valence-corrected chi connectivity index (χ3v) is 6.01. The Morgan fingerprint density at radius 3 is 2.19 bits per heavy atom. The second-order valence-electron chi connectivity index (χ2n) is 6.37. The van der Waals surface area contributed by atoms with E-state index in [9.17, 15) is 18.0 Å². The maximum absolute atomic E-state index is 11.0. The number of anilines is 1. The number of alkyl halides is 3. The number of hydrogen-bond donors (Lipinski definition) is 3. The van der Waals surface area contributed by atoms with Gasteiger partial charge in [-0.1, -0.05) is 28.4 Å². The summed E-state index contributed by atoms with van der Waals surface area (Å²) in [7, 11) is 0. The zero-order valence-corrected chi connectivity index (χ0v) is 18.0. The number of aromatic nitrogens is 3. The van der Waals surface area contributed by atoms with Crippen LogP contribution in [0.15, 0.2) is 18.2 Å². The SMILES string of the molecule is O=C(O)C(F)(F)F.O=C(O)c1[nH]nnc1CSC1CCN(c2cc(Cl)cc(Cl)c2)CC1. The summed E-state index contributed by atoms with van der Waals surface area (Å²) in [5.41, 5.74) is 1.62. The maximum atomic E-state index is 11.0. The van der Waals surface area contributed by atoms with Crippen molar-refractivity contribution in [3.05, 3.63) is 39.6 Å². The van der Waals surface area contributed by atoms with Crippen LogP contribution >= 0.6 is 35.0 Å². The summed E-state index contributed by atoms with van der Waals surface area (Å²) in [5, 5.41) is 27.8. The van der Waals surface area contributed by atoms with E-state index in [2.05, 4.69) is 20.3 Å². The van der Waals surface area contributed by atoms with Crippen LogP contribution in [-0.4, -0.2) is 62.1 Å². The fourth-order valence-electron chi connectivity index (χ4n) is 2.72. The summed E-state index contributed by atoms with van der Waals surface area (Å²) in [5.74, 6) is -3.23. The minimum atomic E-state index is -5.08. The van der Waals surface area contributed by atoms with Crippen molar-refractivity contribution < 1.29 is 33.0 Å². The van der Waals surface area contributed by atoms with Crippen molar-refractivity contribution in [1.29, 1.82) is 0 Å². The van der Waals surface area contributed by atoms with Crippen LogP contribution < -0.4 is 4.90 Å². The fraction of sp³-hybridized carbons (Fsp3) is 0.412. The Bertz CT molecular complexity index is 901. The Balaban J connectivity index is 0.000000423. The average molecular weight is 501 g/mol. The predicted molar refractivity (Wildman–Crippen MR) is 110 cm³/mol. The molecule has 8 nitrogen and oxygen atoms in total. The molecule has 0 bridgehead atoms. The van der Waals surface area contributed by atoms with Gasteiger partial charge in [-0.25, -0.2) is 9.59 Å². The molecule has 170 valence electrons. The molecule has 0 spiro atoms. The first kappa shape index (κ1) is 25.1. The van der Waals surface area contributed by atoms with E-state index in [-0.39, 0.29) is 5.69 Å². The highest BCUT2D eigenvalue weighted by Gasteiger charge is 2.38. The Morgan fingerprint density at radius 1 is 1.16 bits per heavy atom. The number of halogens is 5. The lowest BCUT2D eigenvalue weighted by molar-refractivity contribution is -0.192. The molecule has 0 saturated carbocycles. The summed E-state index contributed by atoms with van der Waals surface area (Å²) < 4.78 is 31.7. The van der Waals surface area contributed by atoms with Crippen molar-refractivity contribution in [1.82, 2.24) is 15.4 Å². The molecular weight excluding hydrogens is 484 g/mol. The molecule has 0 atom stereocenters.